The van der Waals surface area contributed by atoms with Crippen LogP contribution in [0.3, 0.4) is 0 Å². The summed E-state index contributed by atoms with van der Waals surface area (Å²) in [6.07, 6.45) is 75.7. The monoisotopic (exact) mass is 917 g/mol. The first kappa shape index (κ1) is 62.8. The summed E-state index contributed by atoms with van der Waals surface area (Å²) in [6.45, 7) is 7.61. The molecule has 0 aliphatic heterocycles. The highest BCUT2D eigenvalue weighted by Crippen LogP contribution is 2.14. The summed E-state index contributed by atoms with van der Waals surface area (Å²) in [4.78, 5) is 25.5. The molecule has 1 atom stereocenters. The van der Waals surface area contributed by atoms with Crippen LogP contribution in [0.5, 0.6) is 0 Å². The smallest absolute Gasteiger partial charge is 0.306 e. The average Bonchev–Trinajstić information content (AvgIpc) is 3.32. The molecule has 0 aliphatic rings. The van der Waals surface area contributed by atoms with Gasteiger partial charge in [-0.05, 0) is 116 Å². The molecule has 0 spiro atoms. The number of esters is 2. The fraction of sp³-hybridized carbons (Fsp3) is 0.705. The predicted molar refractivity (Wildman–Crippen MR) is 288 cm³/mol. The summed E-state index contributed by atoms with van der Waals surface area (Å²) in [6, 6.07) is 0. The van der Waals surface area contributed by atoms with Gasteiger partial charge < -0.3 is 14.2 Å². The molecule has 378 valence electrons. The van der Waals surface area contributed by atoms with Gasteiger partial charge in [-0.15, -0.1) is 0 Å². The first-order chi connectivity index (χ1) is 32.6. The number of unbranched alkanes of at least 4 members (excludes halogenated alkanes) is 23. The molecule has 0 N–H and O–H groups in total. The first-order valence-electron chi connectivity index (χ1n) is 27.8. The van der Waals surface area contributed by atoms with Gasteiger partial charge in [0.2, 0.25) is 0 Å². The second kappa shape index (κ2) is 56.1. The van der Waals surface area contributed by atoms with E-state index in [9.17, 15) is 9.59 Å². The van der Waals surface area contributed by atoms with Crippen molar-refractivity contribution in [3.63, 3.8) is 0 Å². The van der Waals surface area contributed by atoms with Gasteiger partial charge in [-0.2, -0.15) is 0 Å². The first-order valence-corrected chi connectivity index (χ1v) is 27.8. The van der Waals surface area contributed by atoms with Gasteiger partial charge in [0, 0.05) is 19.4 Å². The zero-order chi connectivity index (χ0) is 47.7. The quantitative estimate of drug-likeness (QED) is 0.0346. The van der Waals surface area contributed by atoms with Crippen LogP contribution >= 0.6 is 0 Å². The number of hydrogen-bond donors (Lipinski definition) is 0. The Kier molecular flexibility index (Phi) is 53.4. The average molecular weight is 917 g/mol. The second-order valence-corrected chi connectivity index (χ2v) is 18.1. The van der Waals surface area contributed by atoms with Gasteiger partial charge in [-0.1, -0.05) is 221 Å². The van der Waals surface area contributed by atoms with E-state index < -0.39 is 6.10 Å². The van der Waals surface area contributed by atoms with Gasteiger partial charge in [0.15, 0.2) is 6.10 Å². The van der Waals surface area contributed by atoms with Crippen molar-refractivity contribution in [2.45, 2.75) is 258 Å². The number of allylic oxidation sites excluding steroid dienone is 16. The molecular formula is C61H104O5. The van der Waals surface area contributed by atoms with E-state index in [1.165, 1.54) is 135 Å². The Bertz CT molecular complexity index is 1270. The van der Waals surface area contributed by atoms with Crippen molar-refractivity contribution in [2.24, 2.45) is 0 Å². The lowest BCUT2D eigenvalue weighted by Gasteiger charge is -2.18. The molecule has 0 amide bonds. The summed E-state index contributed by atoms with van der Waals surface area (Å²) in [7, 11) is 0. The van der Waals surface area contributed by atoms with Crippen molar-refractivity contribution in [2.75, 3.05) is 19.8 Å². The van der Waals surface area contributed by atoms with E-state index in [0.717, 1.165) is 83.5 Å². The Morgan fingerprint density at radius 2 is 0.697 bits per heavy atom. The predicted octanol–water partition coefficient (Wildman–Crippen LogP) is 19.0. The minimum absolute atomic E-state index is 0.0458. The zero-order valence-corrected chi connectivity index (χ0v) is 43.4. The van der Waals surface area contributed by atoms with Crippen molar-refractivity contribution in [3.05, 3.63) is 97.2 Å². The minimum atomic E-state index is -0.572. The van der Waals surface area contributed by atoms with Crippen LogP contribution in [0.15, 0.2) is 97.2 Å². The van der Waals surface area contributed by atoms with E-state index >= 15 is 0 Å². The summed E-state index contributed by atoms with van der Waals surface area (Å²) in [5, 5.41) is 0. The van der Waals surface area contributed by atoms with Gasteiger partial charge in [0.1, 0.15) is 6.61 Å². The summed E-state index contributed by atoms with van der Waals surface area (Å²) in [5.74, 6) is -0.475. The van der Waals surface area contributed by atoms with Crippen LogP contribution in [0.2, 0.25) is 0 Å². The Morgan fingerprint density at radius 3 is 1.18 bits per heavy atom. The van der Waals surface area contributed by atoms with Crippen molar-refractivity contribution in [1.82, 2.24) is 0 Å². The third-order valence-corrected chi connectivity index (χ3v) is 11.6. The molecule has 5 heteroatoms. The van der Waals surface area contributed by atoms with Crippen LogP contribution in [0.1, 0.15) is 252 Å². The van der Waals surface area contributed by atoms with E-state index in [1.807, 2.05) is 0 Å². The van der Waals surface area contributed by atoms with Gasteiger partial charge in [-0.3, -0.25) is 9.59 Å². The molecule has 0 aliphatic carbocycles. The molecular weight excluding hydrogens is 813 g/mol. The van der Waals surface area contributed by atoms with Crippen LogP contribution in [-0.2, 0) is 23.8 Å². The molecule has 66 heavy (non-hydrogen) atoms. The van der Waals surface area contributed by atoms with Gasteiger partial charge in [0.25, 0.3) is 0 Å². The second-order valence-electron chi connectivity index (χ2n) is 18.1. The van der Waals surface area contributed by atoms with Crippen LogP contribution in [0.4, 0.5) is 0 Å². The van der Waals surface area contributed by atoms with Gasteiger partial charge >= 0.3 is 11.9 Å². The zero-order valence-electron chi connectivity index (χ0n) is 43.4. The largest absolute Gasteiger partial charge is 0.462 e. The maximum atomic E-state index is 12.8. The van der Waals surface area contributed by atoms with Crippen LogP contribution in [0.25, 0.3) is 0 Å². The fourth-order valence-corrected chi connectivity index (χ4v) is 7.45. The van der Waals surface area contributed by atoms with Crippen molar-refractivity contribution >= 4 is 11.9 Å². The highest BCUT2D eigenvalue weighted by atomic mass is 16.6. The van der Waals surface area contributed by atoms with Crippen LogP contribution in [0, 0.1) is 0 Å². The minimum Gasteiger partial charge on any atom is -0.462 e. The maximum absolute atomic E-state index is 12.8. The van der Waals surface area contributed by atoms with Gasteiger partial charge in [-0.25, -0.2) is 0 Å². The molecule has 0 radical (unpaired) electrons. The molecule has 0 aromatic rings. The topological polar surface area (TPSA) is 61.8 Å². The molecule has 5 nitrogen and oxygen atoms in total. The molecule has 0 rings (SSSR count). The van der Waals surface area contributed by atoms with Crippen LogP contribution < -0.4 is 0 Å². The Hall–Kier alpha value is -3.18. The molecule has 0 bridgehead atoms. The summed E-state index contributed by atoms with van der Waals surface area (Å²) in [5.41, 5.74) is 0. The van der Waals surface area contributed by atoms with E-state index in [2.05, 4.69) is 118 Å². The van der Waals surface area contributed by atoms with Crippen molar-refractivity contribution in [3.8, 4) is 0 Å². The summed E-state index contributed by atoms with van der Waals surface area (Å²) < 4.78 is 17.4. The van der Waals surface area contributed by atoms with E-state index in [1.54, 1.807) is 0 Å². The third kappa shape index (κ3) is 53.4. The normalized spacial score (nSPS) is 13.0. The van der Waals surface area contributed by atoms with Crippen LogP contribution in [-0.4, -0.2) is 37.9 Å². The lowest BCUT2D eigenvalue weighted by Crippen LogP contribution is -2.30. The van der Waals surface area contributed by atoms with Crippen molar-refractivity contribution in [1.29, 1.82) is 0 Å². The number of ether oxygens (including phenoxy) is 3. The lowest BCUT2D eigenvalue weighted by atomic mass is 10.1. The number of carbonyl (C=O) groups excluding carboxylic acids is 2. The Labute approximate surface area is 409 Å². The standard InChI is InChI=1S/C61H104O5/c1-4-7-10-13-16-19-22-25-28-31-33-36-39-42-45-48-51-54-60(62)65-58-59(57-64-56-53-50-47-44-41-38-35-30-27-24-21-18-15-12-9-6-3)66-61(63)55-52-49-46-43-40-37-34-32-29-26-23-20-17-14-11-8-5-2/h7,10,16,18-19,21,25-30,33,36,42,45,59H,4-6,8-9,11-15,17,20,22-24,31-32,34-35,37-41,43-44,46-58H2,1-3H3/b10-7-,19-16-,21-18-,28-25-,29-26-,30-27-,36-33-,45-42-. The summed E-state index contributed by atoms with van der Waals surface area (Å²) >= 11 is 0. The maximum Gasteiger partial charge on any atom is 0.306 e. The Balaban J connectivity index is 4.40. The molecule has 1 unspecified atom stereocenters. The lowest BCUT2D eigenvalue weighted by molar-refractivity contribution is -0.163. The van der Waals surface area contributed by atoms with E-state index in [0.29, 0.717) is 19.4 Å². The highest BCUT2D eigenvalue weighted by molar-refractivity contribution is 5.70. The molecule has 0 saturated heterocycles. The fourth-order valence-electron chi connectivity index (χ4n) is 7.45. The van der Waals surface area contributed by atoms with Crippen molar-refractivity contribution < 1.29 is 23.8 Å². The highest BCUT2D eigenvalue weighted by Gasteiger charge is 2.17. The number of hydrogen-bond acceptors (Lipinski definition) is 5. The SMILES string of the molecule is CC/C=C\C/C=C\C/C=C\C/C=C\C/C=C\CCCC(=O)OCC(COCCCCCCCC/C=C\C/C=C\CCCCC)OC(=O)CCCCCCCCC/C=C\CCCCCCCC. The van der Waals surface area contributed by atoms with E-state index in [4.69, 9.17) is 14.2 Å². The molecule has 0 aromatic carbocycles. The molecule has 0 aromatic heterocycles. The number of rotatable bonds is 50. The third-order valence-electron chi connectivity index (χ3n) is 11.6. The molecule has 0 saturated carbocycles. The van der Waals surface area contributed by atoms with Gasteiger partial charge in [0.05, 0.1) is 6.61 Å². The molecule has 0 heterocycles. The van der Waals surface area contributed by atoms with E-state index in [-0.39, 0.29) is 25.2 Å². The Morgan fingerprint density at radius 1 is 0.348 bits per heavy atom. The molecule has 0 fully saturated rings. The number of carbonyl (C=O) groups is 2.